The lowest BCUT2D eigenvalue weighted by molar-refractivity contribution is -0.126. The first-order valence-electron chi connectivity index (χ1n) is 10.8. The second kappa shape index (κ2) is 9.92. The summed E-state index contributed by atoms with van der Waals surface area (Å²) in [4.78, 5) is 29.2. The van der Waals surface area contributed by atoms with Gasteiger partial charge in [-0.3, -0.25) is 9.59 Å². The van der Waals surface area contributed by atoms with Crippen molar-refractivity contribution in [2.45, 2.75) is 19.4 Å². The minimum atomic E-state index is -0.359. The SMILES string of the molecule is O=C(NCc1ccc(N2CCOCC2)cc1)C1CCN(C(=O)c2ccc(F)cc2)CC1. The molecule has 164 valence electrons. The van der Waals surface area contributed by atoms with Crippen molar-refractivity contribution in [2.24, 2.45) is 5.92 Å². The van der Waals surface area contributed by atoms with Crippen molar-refractivity contribution >= 4 is 17.5 Å². The average Bonchev–Trinajstić information content (AvgIpc) is 2.83. The van der Waals surface area contributed by atoms with Crippen LogP contribution in [0.4, 0.5) is 10.1 Å². The Hall–Kier alpha value is -2.93. The van der Waals surface area contributed by atoms with Gasteiger partial charge in [0.05, 0.1) is 13.2 Å². The van der Waals surface area contributed by atoms with E-state index in [0.29, 0.717) is 38.0 Å². The highest BCUT2D eigenvalue weighted by Crippen LogP contribution is 2.20. The van der Waals surface area contributed by atoms with Crippen molar-refractivity contribution in [2.75, 3.05) is 44.3 Å². The molecule has 0 spiro atoms. The quantitative estimate of drug-likeness (QED) is 0.800. The summed E-state index contributed by atoms with van der Waals surface area (Å²) in [5, 5.41) is 3.03. The molecule has 31 heavy (non-hydrogen) atoms. The molecule has 0 aromatic heterocycles. The van der Waals surface area contributed by atoms with Gasteiger partial charge in [0, 0.05) is 49.9 Å². The topological polar surface area (TPSA) is 61.9 Å². The minimum Gasteiger partial charge on any atom is -0.378 e. The van der Waals surface area contributed by atoms with E-state index in [9.17, 15) is 14.0 Å². The lowest BCUT2D eigenvalue weighted by Gasteiger charge is -2.31. The van der Waals surface area contributed by atoms with Gasteiger partial charge in [-0.1, -0.05) is 12.1 Å². The number of morpholine rings is 1. The van der Waals surface area contributed by atoms with Gasteiger partial charge in [0.2, 0.25) is 5.91 Å². The molecule has 1 N–H and O–H groups in total. The number of carbonyl (C=O) groups excluding carboxylic acids is 2. The Morgan fingerprint density at radius 2 is 1.58 bits per heavy atom. The Morgan fingerprint density at radius 1 is 0.935 bits per heavy atom. The third-order valence-corrected chi connectivity index (χ3v) is 6.02. The molecule has 0 bridgehead atoms. The zero-order valence-corrected chi connectivity index (χ0v) is 17.6. The van der Waals surface area contributed by atoms with E-state index in [-0.39, 0.29) is 23.5 Å². The maximum Gasteiger partial charge on any atom is 0.253 e. The number of nitrogens with one attached hydrogen (secondary N) is 1. The van der Waals surface area contributed by atoms with Crippen LogP contribution in [0.2, 0.25) is 0 Å². The first-order chi connectivity index (χ1) is 15.1. The third-order valence-electron chi connectivity index (χ3n) is 6.02. The number of carbonyl (C=O) groups is 2. The predicted octanol–water partition coefficient (Wildman–Crippen LogP) is 2.83. The summed E-state index contributed by atoms with van der Waals surface area (Å²) in [5.74, 6) is -0.530. The molecule has 2 aliphatic heterocycles. The van der Waals surface area contributed by atoms with Crippen LogP contribution in [0.15, 0.2) is 48.5 Å². The fourth-order valence-corrected chi connectivity index (χ4v) is 4.10. The van der Waals surface area contributed by atoms with Crippen molar-refractivity contribution in [3.8, 4) is 0 Å². The lowest BCUT2D eigenvalue weighted by atomic mass is 9.95. The molecule has 2 heterocycles. The van der Waals surface area contributed by atoms with Crippen LogP contribution in [0.3, 0.4) is 0 Å². The van der Waals surface area contributed by atoms with Gasteiger partial charge in [-0.25, -0.2) is 4.39 Å². The standard InChI is InChI=1S/C24H28FN3O3/c25-21-5-3-20(4-6-21)24(30)28-11-9-19(10-12-28)23(29)26-17-18-1-7-22(8-2-18)27-13-15-31-16-14-27/h1-8,19H,9-17H2,(H,26,29). The van der Waals surface area contributed by atoms with E-state index in [2.05, 4.69) is 34.5 Å². The highest BCUT2D eigenvalue weighted by atomic mass is 19.1. The van der Waals surface area contributed by atoms with Crippen molar-refractivity contribution in [1.82, 2.24) is 10.2 Å². The van der Waals surface area contributed by atoms with E-state index in [1.807, 2.05) is 0 Å². The molecule has 0 radical (unpaired) electrons. The first-order valence-corrected chi connectivity index (χ1v) is 10.8. The number of likely N-dealkylation sites (tertiary alicyclic amines) is 1. The summed E-state index contributed by atoms with van der Waals surface area (Å²) < 4.78 is 18.4. The number of halogens is 1. The fourth-order valence-electron chi connectivity index (χ4n) is 4.10. The second-order valence-electron chi connectivity index (χ2n) is 8.06. The zero-order valence-electron chi connectivity index (χ0n) is 17.6. The molecular weight excluding hydrogens is 397 g/mol. The molecule has 2 aliphatic rings. The molecule has 2 aromatic carbocycles. The summed E-state index contributed by atoms with van der Waals surface area (Å²) in [5.41, 5.74) is 2.72. The van der Waals surface area contributed by atoms with Crippen LogP contribution in [-0.4, -0.2) is 56.1 Å². The van der Waals surface area contributed by atoms with E-state index in [1.165, 1.54) is 30.0 Å². The molecule has 0 saturated carbocycles. The predicted molar refractivity (Wildman–Crippen MR) is 116 cm³/mol. The summed E-state index contributed by atoms with van der Waals surface area (Å²) >= 11 is 0. The Bertz CT molecular complexity index is 887. The van der Waals surface area contributed by atoms with Crippen LogP contribution < -0.4 is 10.2 Å². The van der Waals surface area contributed by atoms with Gasteiger partial charge in [-0.05, 0) is 54.8 Å². The summed E-state index contributed by atoms with van der Waals surface area (Å²) in [7, 11) is 0. The molecule has 2 aromatic rings. The van der Waals surface area contributed by atoms with Crippen molar-refractivity contribution in [3.05, 3.63) is 65.5 Å². The maximum atomic E-state index is 13.1. The van der Waals surface area contributed by atoms with Gasteiger partial charge >= 0.3 is 0 Å². The molecule has 4 rings (SSSR count). The highest BCUT2D eigenvalue weighted by molar-refractivity contribution is 5.94. The largest absolute Gasteiger partial charge is 0.378 e. The summed E-state index contributed by atoms with van der Waals surface area (Å²) in [6.07, 6.45) is 1.27. The van der Waals surface area contributed by atoms with Gasteiger partial charge in [0.25, 0.3) is 5.91 Å². The van der Waals surface area contributed by atoms with Gasteiger partial charge in [-0.15, -0.1) is 0 Å². The van der Waals surface area contributed by atoms with E-state index in [4.69, 9.17) is 4.74 Å². The van der Waals surface area contributed by atoms with Gasteiger partial charge in [-0.2, -0.15) is 0 Å². The zero-order chi connectivity index (χ0) is 21.6. The molecule has 0 atom stereocenters. The Labute approximate surface area is 182 Å². The smallest absolute Gasteiger partial charge is 0.253 e. The second-order valence-corrected chi connectivity index (χ2v) is 8.06. The van der Waals surface area contributed by atoms with Crippen LogP contribution in [0.5, 0.6) is 0 Å². The summed E-state index contributed by atoms with van der Waals surface area (Å²) in [6, 6.07) is 13.9. The number of anilines is 1. The molecule has 2 amide bonds. The number of hydrogen-bond donors (Lipinski definition) is 1. The first kappa shape index (κ1) is 21.3. The average molecular weight is 426 g/mol. The van der Waals surface area contributed by atoms with Crippen LogP contribution in [-0.2, 0) is 16.1 Å². The van der Waals surface area contributed by atoms with Crippen molar-refractivity contribution in [1.29, 1.82) is 0 Å². The maximum absolute atomic E-state index is 13.1. The Kier molecular flexibility index (Phi) is 6.82. The van der Waals surface area contributed by atoms with Gasteiger partial charge < -0.3 is 19.9 Å². The molecular formula is C24H28FN3O3. The number of amides is 2. The van der Waals surface area contributed by atoms with Gasteiger partial charge in [0.1, 0.15) is 5.82 Å². The summed E-state index contributed by atoms with van der Waals surface area (Å²) in [6.45, 7) is 4.87. The molecule has 7 heteroatoms. The van der Waals surface area contributed by atoms with Crippen molar-refractivity contribution < 1.29 is 18.7 Å². The van der Waals surface area contributed by atoms with Crippen LogP contribution in [0.25, 0.3) is 0 Å². The van der Waals surface area contributed by atoms with Crippen LogP contribution in [0.1, 0.15) is 28.8 Å². The monoisotopic (exact) mass is 425 g/mol. The van der Waals surface area contributed by atoms with Crippen molar-refractivity contribution in [3.63, 3.8) is 0 Å². The highest BCUT2D eigenvalue weighted by Gasteiger charge is 2.27. The van der Waals surface area contributed by atoms with Crippen LogP contribution >= 0.6 is 0 Å². The third kappa shape index (κ3) is 5.41. The van der Waals surface area contributed by atoms with Gasteiger partial charge in [0.15, 0.2) is 0 Å². The number of hydrogen-bond acceptors (Lipinski definition) is 4. The molecule has 0 unspecified atom stereocenters. The number of rotatable bonds is 5. The molecule has 0 aliphatic carbocycles. The van der Waals surface area contributed by atoms with E-state index < -0.39 is 0 Å². The van der Waals surface area contributed by atoms with Crippen LogP contribution in [0, 0.1) is 11.7 Å². The fraction of sp³-hybridized carbons (Fsp3) is 0.417. The molecule has 2 saturated heterocycles. The number of ether oxygens (including phenoxy) is 1. The lowest BCUT2D eigenvalue weighted by Crippen LogP contribution is -2.42. The van der Waals surface area contributed by atoms with E-state index in [1.54, 1.807) is 4.90 Å². The molecule has 2 fully saturated rings. The van der Waals surface area contributed by atoms with E-state index in [0.717, 1.165) is 31.9 Å². The van der Waals surface area contributed by atoms with E-state index >= 15 is 0 Å². The number of benzene rings is 2. The minimum absolute atomic E-state index is 0.0335. The Morgan fingerprint density at radius 3 is 2.23 bits per heavy atom. The Balaban J connectivity index is 1.23. The molecule has 6 nitrogen and oxygen atoms in total. The number of nitrogens with zero attached hydrogens (tertiary/aromatic N) is 2. The normalized spacial score (nSPS) is 17.5. The number of piperidine rings is 1.